The van der Waals surface area contributed by atoms with Crippen molar-refractivity contribution in [1.29, 1.82) is 0 Å². The Morgan fingerprint density at radius 3 is 2.11 bits per heavy atom. The molecule has 6 heteroatoms. The number of hydrogen-bond acceptors (Lipinski definition) is 2. The molecule has 4 nitrogen and oxygen atoms in total. The summed E-state index contributed by atoms with van der Waals surface area (Å²) in [5.74, 6) is -0.250. The van der Waals surface area contributed by atoms with Gasteiger partial charge in [-0.05, 0) is 54.2 Å². The van der Waals surface area contributed by atoms with E-state index in [1.54, 1.807) is 17.0 Å². The summed E-state index contributed by atoms with van der Waals surface area (Å²) in [6.07, 6.45) is 2.31. The molecular formula is C29H32Cl2N2O2. The van der Waals surface area contributed by atoms with Gasteiger partial charge in [-0.15, -0.1) is 0 Å². The van der Waals surface area contributed by atoms with Gasteiger partial charge in [0.1, 0.15) is 6.04 Å². The fourth-order valence-electron chi connectivity index (χ4n) is 4.02. The van der Waals surface area contributed by atoms with E-state index in [2.05, 4.69) is 36.5 Å². The second-order valence-corrected chi connectivity index (χ2v) is 9.35. The van der Waals surface area contributed by atoms with Crippen molar-refractivity contribution in [2.75, 3.05) is 6.54 Å². The first-order chi connectivity index (χ1) is 16.9. The Balaban J connectivity index is 1.88. The number of carbonyl (C=O) groups is 2. The van der Waals surface area contributed by atoms with Gasteiger partial charge >= 0.3 is 0 Å². The SMILES string of the molecule is CCNC(=O)C(Cc1ccccc1)N(Cc1ccc(Cl)c(Cl)c1)C(=O)CCc1ccc(CC)cc1. The summed E-state index contributed by atoms with van der Waals surface area (Å²) in [6, 6.07) is 22.8. The molecule has 3 aromatic carbocycles. The van der Waals surface area contributed by atoms with Crippen LogP contribution in [0.3, 0.4) is 0 Å². The maximum atomic E-state index is 13.6. The van der Waals surface area contributed by atoms with Gasteiger partial charge < -0.3 is 10.2 Å². The van der Waals surface area contributed by atoms with Gasteiger partial charge in [0.15, 0.2) is 0 Å². The van der Waals surface area contributed by atoms with Crippen LogP contribution in [0.15, 0.2) is 72.8 Å². The van der Waals surface area contributed by atoms with Gasteiger partial charge in [-0.2, -0.15) is 0 Å². The van der Waals surface area contributed by atoms with Crippen LogP contribution in [-0.4, -0.2) is 29.3 Å². The predicted octanol–water partition coefficient (Wildman–Crippen LogP) is 6.26. The molecule has 0 heterocycles. The Labute approximate surface area is 218 Å². The minimum absolute atomic E-state index is 0.0807. The zero-order valence-electron chi connectivity index (χ0n) is 20.3. The van der Waals surface area contributed by atoms with Gasteiger partial charge in [-0.3, -0.25) is 9.59 Å². The highest BCUT2D eigenvalue weighted by Crippen LogP contribution is 2.25. The van der Waals surface area contributed by atoms with Crippen molar-refractivity contribution in [2.24, 2.45) is 0 Å². The number of aryl methyl sites for hydroxylation is 2. The molecule has 35 heavy (non-hydrogen) atoms. The molecule has 1 N–H and O–H groups in total. The van der Waals surface area contributed by atoms with Crippen LogP contribution in [0.4, 0.5) is 0 Å². The van der Waals surface area contributed by atoms with Crippen molar-refractivity contribution >= 4 is 35.0 Å². The number of amides is 2. The molecule has 3 rings (SSSR count). The van der Waals surface area contributed by atoms with Crippen molar-refractivity contribution in [1.82, 2.24) is 10.2 Å². The molecule has 0 bridgehead atoms. The predicted molar refractivity (Wildman–Crippen MR) is 144 cm³/mol. The average molecular weight is 511 g/mol. The van der Waals surface area contributed by atoms with Crippen LogP contribution in [0.1, 0.15) is 42.5 Å². The molecule has 0 fully saturated rings. The molecule has 0 aliphatic carbocycles. The zero-order chi connectivity index (χ0) is 25.2. The van der Waals surface area contributed by atoms with Crippen LogP contribution in [0.2, 0.25) is 10.0 Å². The first-order valence-electron chi connectivity index (χ1n) is 12.0. The van der Waals surface area contributed by atoms with E-state index >= 15 is 0 Å². The fraction of sp³-hybridized carbons (Fsp3) is 0.310. The molecule has 1 unspecified atom stereocenters. The summed E-state index contributed by atoms with van der Waals surface area (Å²) in [5, 5.41) is 3.79. The van der Waals surface area contributed by atoms with E-state index in [0.29, 0.717) is 35.9 Å². The number of carbonyl (C=O) groups excluding carboxylic acids is 2. The zero-order valence-corrected chi connectivity index (χ0v) is 21.8. The maximum absolute atomic E-state index is 13.6. The van der Waals surface area contributed by atoms with Crippen molar-refractivity contribution in [3.63, 3.8) is 0 Å². The van der Waals surface area contributed by atoms with Crippen LogP contribution in [0, 0.1) is 0 Å². The molecule has 1 atom stereocenters. The largest absolute Gasteiger partial charge is 0.355 e. The molecule has 0 aliphatic heterocycles. The third kappa shape index (κ3) is 7.84. The number of likely N-dealkylation sites (N-methyl/N-ethyl adjacent to an activating group) is 1. The molecule has 0 aromatic heterocycles. The van der Waals surface area contributed by atoms with E-state index in [0.717, 1.165) is 23.1 Å². The smallest absolute Gasteiger partial charge is 0.243 e. The number of nitrogens with one attached hydrogen (secondary N) is 1. The standard InChI is InChI=1S/C29H32Cl2N2O2/c1-3-21-10-12-22(13-11-21)15-17-28(34)33(20-24-14-16-25(30)26(31)18-24)27(29(35)32-4-2)19-23-8-6-5-7-9-23/h5-14,16,18,27H,3-4,15,17,19-20H2,1-2H3,(H,32,35). The maximum Gasteiger partial charge on any atom is 0.243 e. The highest BCUT2D eigenvalue weighted by molar-refractivity contribution is 6.42. The topological polar surface area (TPSA) is 49.4 Å². The van der Waals surface area contributed by atoms with E-state index < -0.39 is 6.04 Å². The summed E-state index contributed by atoms with van der Waals surface area (Å²) in [7, 11) is 0. The number of rotatable bonds is 11. The molecular weight excluding hydrogens is 479 g/mol. The van der Waals surface area contributed by atoms with E-state index in [9.17, 15) is 9.59 Å². The van der Waals surface area contributed by atoms with Crippen LogP contribution < -0.4 is 5.32 Å². The molecule has 0 saturated carbocycles. The van der Waals surface area contributed by atoms with Crippen molar-refractivity contribution in [3.05, 3.63) is 105 Å². The van der Waals surface area contributed by atoms with E-state index in [1.807, 2.05) is 43.3 Å². The second kappa shape index (κ2) is 13.3. The van der Waals surface area contributed by atoms with Gasteiger partial charge in [-0.25, -0.2) is 0 Å². The Morgan fingerprint density at radius 1 is 0.829 bits per heavy atom. The number of nitrogens with zero attached hydrogens (tertiary/aromatic N) is 1. The first-order valence-corrected chi connectivity index (χ1v) is 12.8. The minimum atomic E-state index is -0.651. The molecule has 0 saturated heterocycles. The Bertz CT molecular complexity index is 1120. The lowest BCUT2D eigenvalue weighted by molar-refractivity contribution is -0.141. The van der Waals surface area contributed by atoms with Crippen LogP contribution >= 0.6 is 23.2 Å². The normalized spacial score (nSPS) is 11.7. The molecule has 0 radical (unpaired) electrons. The summed E-state index contributed by atoms with van der Waals surface area (Å²) >= 11 is 12.4. The third-order valence-corrected chi connectivity index (χ3v) is 6.76. The summed E-state index contributed by atoms with van der Waals surface area (Å²) in [4.78, 5) is 28.5. The highest BCUT2D eigenvalue weighted by atomic mass is 35.5. The van der Waals surface area contributed by atoms with Gasteiger partial charge in [0, 0.05) is 25.9 Å². The van der Waals surface area contributed by atoms with E-state index in [1.165, 1.54) is 5.56 Å². The molecule has 0 aliphatic rings. The third-order valence-electron chi connectivity index (χ3n) is 6.02. The number of hydrogen-bond donors (Lipinski definition) is 1. The highest BCUT2D eigenvalue weighted by Gasteiger charge is 2.30. The van der Waals surface area contributed by atoms with Gasteiger partial charge in [0.25, 0.3) is 0 Å². The lowest BCUT2D eigenvalue weighted by Gasteiger charge is -2.31. The van der Waals surface area contributed by atoms with Crippen LogP contribution in [0.25, 0.3) is 0 Å². The summed E-state index contributed by atoms with van der Waals surface area (Å²) in [6.45, 7) is 4.75. The molecule has 3 aromatic rings. The van der Waals surface area contributed by atoms with Gasteiger partial charge in [0.05, 0.1) is 10.0 Å². The van der Waals surface area contributed by atoms with Gasteiger partial charge in [0.2, 0.25) is 11.8 Å². The molecule has 184 valence electrons. The quantitative estimate of drug-likeness (QED) is 0.330. The lowest BCUT2D eigenvalue weighted by atomic mass is 10.0. The fourth-order valence-corrected chi connectivity index (χ4v) is 4.34. The van der Waals surface area contributed by atoms with Gasteiger partial charge in [-0.1, -0.05) is 90.8 Å². The number of halogens is 2. The van der Waals surface area contributed by atoms with Crippen molar-refractivity contribution < 1.29 is 9.59 Å². The molecule has 2 amide bonds. The lowest BCUT2D eigenvalue weighted by Crippen LogP contribution is -2.50. The van der Waals surface area contributed by atoms with E-state index in [-0.39, 0.29) is 18.4 Å². The van der Waals surface area contributed by atoms with E-state index in [4.69, 9.17) is 23.2 Å². The Kier molecular flexibility index (Phi) is 10.2. The van der Waals surface area contributed by atoms with Crippen LogP contribution in [-0.2, 0) is 35.4 Å². The Hall–Kier alpha value is -2.82. The first kappa shape index (κ1) is 26.8. The average Bonchev–Trinajstić information content (AvgIpc) is 2.87. The van der Waals surface area contributed by atoms with Crippen molar-refractivity contribution in [3.8, 4) is 0 Å². The monoisotopic (exact) mass is 510 g/mol. The number of benzene rings is 3. The second-order valence-electron chi connectivity index (χ2n) is 8.54. The summed E-state index contributed by atoms with van der Waals surface area (Å²) < 4.78 is 0. The van der Waals surface area contributed by atoms with Crippen LogP contribution in [0.5, 0.6) is 0 Å². The minimum Gasteiger partial charge on any atom is -0.355 e. The summed E-state index contributed by atoms with van der Waals surface area (Å²) in [5.41, 5.74) is 4.18. The van der Waals surface area contributed by atoms with Crippen molar-refractivity contribution in [2.45, 2.75) is 52.1 Å². The Morgan fingerprint density at radius 2 is 1.49 bits per heavy atom. The molecule has 0 spiro atoms.